The average Bonchev–Trinajstić information content (AvgIpc) is 3.19. The van der Waals surface area contributed by atoms with Crippen molar-refractivity contribution in [1.29, 1.82) is 0 Å². The van der Waals surface area contributed by atoms with E-state index < -0.39 is 27.2 Å². The predicted molar refractivity (Wildman–Crippen MR) is 146 cm³/mol. The highest BCUT2D eigenvalue weighted by Gasteiger charge is 2.62. The Morgan fingerprint density at radius 1 is 1.00 bits per heavy atom. The summed E-state index contributed by atoms with van der Waals surface area (Å²) in [7, 11) is 0. The Balaban J connectivity index is 1.34. The van der Waals surface area contributed by atoms with Crippen LogP contribution in [0.2, 0.25) is 0 Å². The second-order valence-corrected chi connectivity index (χ2v) is 15.3. The summed E-state index contributed by atoms with van der Waals surface area (Å²) < 4.78 is 17.5. The summed E-state index contributed by atoms with van der Waals surface area (Å²) in [5.74, 6) is 2.09. The molecule has 0 aromatic rings. The van der Waals surface area contributed by atoms with Crippen LogP contribution < -0.4 is 0 Å². The third-order valence-electron chi connectivity index (χ3n) is 11.4. The van der Waals surface area contributed by atoms with Crippen molar-refractivity contribution in [3.63, 3.8) is 0 Å². The molecule has 0 aromatic heterocycles. The fourth-order valence-corrected chi connectivity index (χ4v) is 10.8. The summed E-state index contributed by atoms with van der Waals surface area (Å²) in [6.45, 7) is 7.57. The maximum absolute atomic E-state index is 12.3. The lowest BCUT2D eigenvalue weighted by atomic mass is 9.44. The third kappa shape index (κ3) is 5.57. The van der Waals surface area contributed by atoms with Crippen molar-refractivity contribution in [3.8, 4) is 0 Å². The van der Waals surface area contributed by atoms with Crippen molar-refractivity contribution in [2.24, 2.45) is 46.3 Å². The number of carboxylic acids is 1. The molecule has 7 heteroatoms. The highest BCUT2D eigenvalue weighted by molar-refractivity contribution is 14.1. The van der Waals surface area contributed by atoms with E-state index in [0.29, 0.717) is 70.7 Å². The number of unbranched alkanes of at least 4 members (excludes halogenated alkanes) is 1. The third-order valence-corrected chi connectivity index (χ3v) is 13.2. The Hall–Kier alpha value is -0.570. The topological polar surface area (TPSA) is 101 Å². The van der Waals surface area contributed by atoms with Gasteiger partial charge in [-0.25, -0.2) is 0 Å². The van der Waals surface area contributed by atoms with E-state index in [4.69, 9.17) is 9.84 Å². The fourth-order valence-electron chi connectivity index (χ4n) is 9.41. The van der Waals surface area contributed by atoms with E-state index in [1.165, 1.54) is 32.1 Å². The molecule has 0 aliphatic heterocycles. The number of ether oxygens (including phenoxy) is 1. The Kier molecular flexibility index (Phi) is 9.22. The molecular formula is C29H47IO6. The van der Waals surface area contributed by atoms with Crippen molar-refractivity contribution < 1.29 is 27.6 Å². The monoisotopic (exact) mass is 618 g/mol. The lowest BCUT2D eigenvalue weighted by Gasteiger charge is -2.62. The van der Waals surface area contributed by atoms with Gasteiger partial charge in [0.15, 0.2) is 0 Å². The van der Waals surface area contributed by atoms with E-state index in [2.05, 4.69) is 20.8 Å². The molecule has 0 radical (unpaired) electrons. The zero-order chi connectivity index (χ0) is 26.1. The van der Waals surface area contributed by atoms with Gasteiger partial charge in [-0.3, -0.25) is 12.7 Å². The molecule has 4 rings (SSSR count). The van der Waals surface area contributed by atoms with Crippen LogP contribution in [0.5, 0.6) is 0 Å². The number of fused-ring (bicyclic) bond motifs is 5. The molecule has 2 N–H and O–H groups in total. The van der Waals surface area contributed by atoms with Gasteiger partial charge >= 0.3 is 11.9 Å². The summed E-state index contributed by atoms with van der Waals surface area (Å²) in [4.78, 5) is 22.9. The number of esters is 1. The minimum Gasteiger partial charge on any atom is -0.481 e. The van der Waals surface area contributed by atoms with Gasteiger partial charge in [0.2, 0.25) is 0 Å². The van der Waals surface area contributed by atoms with Crippen molar-refractivity contribution in [2.75, 3.05) is 6.61 Å². The van der Waals surface area contributed by atoms with Crippen LogP contribution in [0.3, 0.4) is 0 Å². The molecule has 4 saturated carbocycles. The average molecular weight is 619 g/mol. The van der Waals surface area contributed by atoms with Gasteiger partial charge in [0.25, 0.3) is 0 Å². The van der Waals surface area contributed by atoms with Crippen molar-refractivity contribution in [1.82, 2.24) is 0 Å². The van der Waals surface area contributed by atoms with E-state index in [1.807, 2.05) is 0 Å². The molecule has 0 aromatic carbocycles. The number of aliphatic hydroxyl groups excluding tert-OH is 1. The minimum absolute atomic E-state index is 0.119. The summed E-state index contributed by atoms with van der Waals surface area (Å²) in [6.07, 6.45) is 11.3. The van der Waals surface area contributed by atoms with E-state index >= 15 is 0 Å². The van der Waals surface area contributed by atoms with Crippen LogP contribution in [0.25, 0.3) is 0 Å². The second kappa shape index (κ2) is 11.7. The number of hydrogen-bond donors (Lipinski definition) is 2. The highest BCUT2D eigenvalue weighted by atomic mass is 127. The standard InChI is InChI=1S/C29H47IO6/c1-18(7-10-26(34)36-15-5-4-6-25(32)33)21-8-9-22-27-23(12-14-29(21,22)3)28(2)13-11-20(30-35)16-19(28)17-24(27)31/h18-24,27,31H,4-17H2,1-3H3,(H,32,33)/t18-,19+,20-,21-,22+,23+,24+,27+,28+,29-/m1/s1. The molecule has 4 aliphatic rings. The lowest BCUT2D eigenvalue weighted by Crippen LogP contribution is -2.58. The molecule has 36 heavy (non-hydrogen) atoms. The molecule has 0 unspecified atom stereocenters. The Morgan fingerprint density at radius 2 is 1.72 bits per heavy atom. The predicted octanol–water partition coefficient (Wildman–Crippen LogP) is 6.52. The Labute approximate surface area is 227 Å². The first-order valence-corrected chi connectivity index (χ1v) is 16.5. The van der Waals surface area contributed by atoms with Crippen LogP contribution in [0, 0.1) is 46.3 Å². The van der Waals surface area contributed by atoms with Crippen molar-refractivity contribution in [3.05, 3.63) is 0 Å². The van der Waals surface area contributed by atoms with Crippen LogP contribution in [-0.4, -0.2) is 38.8 Å². The van der Waals surface area contributed by atoms with Crippen molar-refractivity contribution in [2.45, 2.75) is 114 Å². The number of rotatable bonds is 10. The maximum atomic E-state index is 12.3. The molecule has 206 valence electrons. The zero-order valence-corrected chi connectivity index (χ0v) is 24.6. The summed E-state index contributed by atoms with van der Waals surface area (Å²) in [5.41, 5.74) is 0.516. The van der Waals surface area contributed by atoms with Crippen LogP contribution >= 0.6 is 21.2 Å². The SMILES string of the molecule is C[C@H](CCC(=O)OCCCCC(=O)O)[C@H]1CC[C@H]2[C@@H]3[C@@H](O)C[C@@H]4C[C@H](I=O)CC[C@]4(C)[C@H]3CC[C@]12C. The molecule has 4 fully saturated rings. The van der Waals surface area contributed by atoms with Crippen LogP contribution in [0.4, 0.5) is 0 Å². The van der Waals surface area contributed by atoms with Crippen LogP contribution in [-0.2, 0) is 17.4 Å². The van der Waals surface area contributed by atoms with E-state index in [1.54, 1.807) is 0 Å². The molecule has 0 bridgehead atoms. The van der Waals surface area contributed by atoms with Crippen LogP contribution in [0.1, 0.15) is 104 Å². The molecule has 0 saturated heterocycles. The quantitative estimate of drug-likeness (QED) is 0.125. The number of carboxylic acid groups (broad SMARTS) is 1. The van der Waals surface area contributed by atoms with Gasteiger partial charge in [-0.1, -0.05) is 20.8 Å². The first-order valence-electron chi connectivity index (χ1n) is 14.4. The van der Waals surface area contributed by atoms with Gasteiger partial charge in [0.05, 0.1) is 12.7 Å². The summed E-state index contributed by atoms with van der Waals surface area (Å²) >= 11 is -0.940. The number of hydrogen-bond acceptors (Lipinski definition) is 5. The molecule has 10 atom stereocenters. The molecule has 0 spiro atoms. The first kappa shape index (κ1) is 28.4. The van der Waals surface area contributed by atoms with Gasteiger partial charge in [-0.05, 0) is 117 Å². The Morgan fingerprint density at radius 3 is 2.44 bits per heavy atom. The fraction of sp³-hybridized carbons (Fsp3) is 0.931. The zero-order valence-electron chi connectivity index (χ0n) is 22.4. The Bertz CT molecular complexity index is 818. The number of carbonyl (C=O) groups is 2. The van der Waals surface area contributed by atoms with Gasteiger partial charge in [0.1, 0.15) is 21.2 Å². The molecular weight excluding hydrogens is 571 g/mol. The lowest BCUT2D eigenvalue weighted by molar-refractivity contribution is -0.163. The number of alkyl halides is 1. The second-order valence-electron chi connectivity index (χ2n) is 13.1. The molecule has 6 nitrogen and oxygen atoms in total. The minimum atomic E-state index is -0.940. The highest BCUT2D eigenvalue weighted by Crippen LogP contribution is 2.68. The summed E-state index contributed by atoms with van der Waals surface area (Å²) in [5, 5.41) is 20.2. The number of aliphatic carboxylic acids is 1. The van der Waals surface area contributed by atoms with E-state index in [9.17, 15) is 17.8 Å². The normalized spacial score (nSPS) is 42.6. The number of halogens is 1. The van der Waals surface area contributed by atoms with Gasteiger partial charge in [-0.2, -0.15) is 0 Å². The molecule has 0 heterocycles. The molecule has 0 amide bonds. The van der Waals surface area contributed by atoms with Crippen LogP contribution in [0.15, 0.2) is 0 Å². The van der Waals surface area contributed by atoms with Gasteiger partial charge in [-0.15, -0.1) is 0 Å². The van der Waals surface area contributed by atoms with E-state index in [-0.39, 0.29) is 23.9 Å². The first-order chi connectivity index (χ1) is 17.1. The van der Waals surface area contributed by atoms with Gasteiger partial charge < -0.3 is 14.9 Å². The maximum Gasteiger partial charge on any atom is 0.305 e. The number of aliphatic hydroxyl groups is 1. The molecule has 4 aliphatic carbocycles. The van der Waals surface area contributed by atoms with Gasteiger partial charge in [0, 0.05) is 16.8 Å². The van der Waals surface area contributed by atoms with Crippen molar-refractivity contribution >= 4 is 33.1 Å². The number of carbonyl (C=O) groups excluding carboxylic acids is 1. The van der Waals surface area contributed by atoms with E-state index in [0.717, 1.165) is 25.7 Å². The smallest absolute Gasteiger partial charge is 0.305 e. The largest absolute Gasteiger partial charge is 0.481 e. The summed E-state index contributed by atoms with van der Waals surface area (Å²) in [6, 6.07) is 0.